The lowest BCUT2D eigenvalue weighted by molar-refractivity contribution is 0.0751. The lowest BCUT2D eigenvalue weighted by atomic mass is 10.1. The van der Waals surface area contributed by atoms with Crippen LogP contribution in [0.5, 0.6) is 0 Å². The highest BCUT2D eigenvalue weighted by Gasteiger charge is 2.21. The van der Waals surface area contributed by atoms with Crippen LogP contribution in [0.2, 0.25) is 0 Å². The average Bonchev–Trinajstić information content (AvgIpc) is 2.97. The summed E-state index contributed by atoms with van der Waals surface area (Å²) in [6, 6.07) is 9.38. The Balaban J connectivity index is 2.08. The smallest absolute Gasteiger partial charge is 0.253 e. The highest BCUT2D eigenvalue weighted by atomic mass is 16.2. The molecule has 1 heterocycles. The standard InChI is InChI=1S/C15H19N3O/c1-2-18(11-14-7-4-8-17-14)15(19)13-6-3-5-12(9-13)10-16/h3,5-6,9,14,17H,2,4,7-8,11H2,1H3. The van der Waals surface area contributed by atoms with Crippen LogP contribution in [0.4, 0.5) is 0 Å². The van der Waals surface area contributed by atoms with Crippen molar-refractivity contribution < 1.29 is 4.79 Å². The number of nitrogens with one attached hydrogen (secondary N) is 1. The zero-order valence-electron chi connectivity index (χ0n) is 11.2. The van der Waals surface area contributed by atoms with Crippen molar-refractivity contribution >= 4 is 5.91 Å². The fourth-order valence-corrected chi connectivity index (χ4v) is 2.44. The SMILES string of the molecule is CCN(CC1CCCN1)C(=O)c1cccc(C#N)c1. The molecular formula is C15H19N3O. The number of nitriles is 1. The molecule has 0 radical (unpaired) electrons. The van der Waals surface area contributed by atoms with Gasteiger partial charge >= 0.3 is 0 Å². The number of likely N-dealkylation sites (N-methyl/N-ethyl adjacent to an activating group) is 1. The molecule has 1 amide bonds. The van der Waals surface area contributed by atoms with Crippen LogP contribution in [0.3, 0.4) is 0 Å². The van der Waals surface area contributed by atoms with Gasteiger partial charge in [0.2, 0.25) is 0 Å². The first-order chi connectivity index (χ1) is 9.24. The molecule has 2 rings (SSSR count). The zero-order chi connectivity index (χ0) is 13.7. The Labute approximate surface area is 114 Å². The summed E-state index contributed by atoms with van der Waals surface area (Å²) in [4.78, 5) is 14.3. The molecule has 1 aromatic carbocycles. The maximum Gasteiger partial charge on any atom is 0.253 e. The van der Waals surface area contributed by atoms with Crippen LogP contribution < -0.4 is 5.32 Å². The summed E-state index contributed by atoms with van der Waals surface area (Å²) >= 11 is 0. The van der Waals surface area contributed by atoms with E-state index in [-0.39, 0.29) is 5.91 Å². The maximum absolute atomic E-state index is 12.4. The molecule has 0 saturated carbocycles. The largest absolute Gasteiger partial charge is 0.337 e. The summed E-state index contributed by atoms with van der Waals surface area (Å²) in [5.74, 6) is 0.00769. The van der Waals surface area contributed by atoms with Gasteiger partial charge in [0, 0.05) is 24.7 Å². The third-order valence-electron chi connectivity index (χ3n) is 3.51. The second kappa shape index (κ2) is 6.35. The Morgan fingerprint density at radius 1 is 1.58 bits per heavy atom. The molecule has 1 N–H and O–H groups in total. The number of hydrogen-bond acceptors (Lipinski definition) is 3. The van der Waals surface area contributed by atoms with Crippen molar-refractivity contribution in [3.63, 3.8) is 0 Å². The van der Waals surface area contributed by atoms with E-state index < -0.39 is 0 Å². The van der Waals surface area contributed by atoms with Crippen molar-refractivity contribution in [2.45, 2.75) is 25.8 Å². The monoisotopic (exact) mass is 257 g/mol. The first-order valence-corrected chi connectivity index (χ1v) is 6.77. The van der Waals surface area contributed by atoms with Gasteiger partial charge in [-0.15, -0.1) is 0 Å². The number of carbonyl (C=O) groups is 1. The molecule has 4 nitrogen and oxygen atoms in total. The Morgan fingerprint density at radius 2 is 2.42 bits per heavy atom. The minimum atomic E-state index is 0.00769. The first-order valence-electron chi connectivity index (χ1n) is 6.77. The average molecular weight is 257 g/mol. The molecule has 1 aliphatic rings. The van der Waals surface area contributed by atoms with Crippen molar-refractivity contribution in [3.8, 4) is 6.07 Å². The molecule has 1 fully saturated rings. The molecule has 0 bridgehead atoms. The van der Waals surface area contributed by atoms with Crippen LogP contribution in [0.25, 0.3) is 0 Å². The minimum Gasteiger partial charge on any atom is -0.337 e. The highest BCUT2D eigenvalue weighted by molar-refractivity contribution is 5.94. The molecule has 1 atom stereocenters. The molecule has 1 saturated heterocycles. The van der Waals surface area contributed by atoms with Crippen molar-refractivity contribution in [2.75, 3.05) is 19.6 Å². The van der Waals surface area contributed by atoms with Crippen LogP contribution in [-0.4, -0.2) is 36.5 Å². The van der Waals surface area contributed by atoms with Gasteiger partial charge in [0.05, 0.1) is 11.6 Å². The van der Waals surface area contributed by atoms with E-state index in [0.29, 0.717) is 23.7 Å². The number of hydrogen-bond donors (Lipinski definition) is 1. The molecule has 1 unspecified atom stereocenters. The van der Waals surface area contributed by atoms with Crippen molar-refractivity contribution in [1.82, 2.24) is 10.2 Å². The van der Waals surface area contributed by atoms with Gasteiger partial charge in [0.15, 0.2) is 0 Å². The predicted molar refractivity (Wildman–Crippen MR) is 73.8 cm³/mol. The zero-order valence-corrected chi connectivity index (χ0v) is 11.2. The molecule has 4 heteroatoms. The van der Waals surface area contributed by atoms with Crippen LogP contribution >= 0.6 is 0 Å². The van der Waals surface area contributed by atoms with E-state index in [1.807, 2.05) is 11.8 Å². The van der Waals surface area contributed by atoms with Gasteiger partial charge in [-0.3, -0.25) is 4.79 Å². The lowest BCUT2D eigenvalue weighted by Gasteiger charge is -2.24. The quantitative estimate of drug-likeness (QED) is 0.894. The van der Waals surface area contributed by atoms with Crippen LogP contribution in [0.1, 0.15) is 35.7 Å². The molecule has 0 aromatic heterocycles. The molecule has 1 aliphatic heterocycles. The van der Waals surface area contributed by atoms with Crippen molar-refractivity contribution in [2.24, 2.45) is 0 Å². The minimum absolute atomic E-state index is 0.00769. The summed E-state index contributed by atoms with van der Waals surface area (Å²) in [6.07, 6.45) is 2.31. The third kappa shape index (κ3) is 3.33. The van der Waals surface area contributed by atoms with Crippen molar-refractivity contribution in [3.05, 3.63) is 35.4 Å². The molecule has 19 heavy (non-hydrogen) atoms. The van der Waals surface area contributed by atoms with Gasteiger partial charge in [-0.25, -0.2) is 0 Å². The summed E-state index contributed by atoms with van der Waals surface area (Å²) in [5.41, 5.74) is 1.12. The summed E-state index contributed by atoms with van der Waals surface area (Å²) in [7, 11) is 0. The highest BCUT2D eigenvalue weighted by Crippen LogP contribution is 2.11. The maximum atomic E-state index is 12.4. The second-order valence-electron chi connectivity index (χ2n) is 4.83. The van der Waals surface area contributed by atoms with Crippen molar-refractivity contribution in [1.29, 1.82) is 5.26 Å². The lowest BCUT2D eigenvalue weighted by Crippen LogP contribution is -2.41. The van der Waals surface area contributed by atoms with Crippen LogP contribution in [0, 0.1) is 11.3 Å². The summed E-state index contributed by atoms with van der Waals surface area (Å²) < 4.78 is 0. The van der Waals surface area contributed by atoms with Gasteiger partial charge in [0.1, 0.15) is 0 Å². The number of benzene rings is 1. The Bertz CT molecular complexity index is 486. The number of nitrogens with zero attached hydrogens (tertiary/aromatic N) is 2. The van der Waals surface area contributed by atoms with Crippen LogP contribution in [-0.2, 0) is 0 Å². The predicted octanol–water partition coefficient (Wildman–Crippen LogP) is 1.77. The molecule has 0 spiro atoms. The number of rotatable bonds is 4. The van der Waals surface area contributed by atoms with E-state index in [1.165, 1.54) is 6.42 Å². The van der Waals surface area contributed by atoms with E-state index >= 15 is 0 Å². The van der Waals surface area contributed by atoms with E-state index in [4.69, 9.17) is 5.26 Å². The van der Waals surface area contributed by atoms with E-state index in [9.17, 15) is 4.79 Å². The van der Waals surface area contributed by atoms with E-state index in [0.717, 1.165) is 19.5 Å². The Kier molecular flexibility index (Phi) is 4.53. The van der Waals surface area contributed by atoms with Gasteiger partial charge in [-0.1, -0.05) is 6.07 Å². The van der Waals surface area contributed by atoms with Gasteiger partial charge < -0.3 is 10.2 Å². The first kappa shape index (κ1) is 13.6. The summed E-state index contributed by atoms with van der Waals surface area (Å²) in [5, 5.41) is 12.3. The van der Waals surface area contributed by atoms with Gasteiger partial charge in [-0.2, -0.15) is 5.26 Å². The molecule has 100 valence electrons. The molecule has 0 aliphatic carbocycles. The fraction of sp³-hybridized carbons (Fsp3) is 0.467. The van der Waals surface area contributed by atoms with Gasteiger partial charge in [-0.05, 0) is 44.5 Å². The summed E-state index contributed by atoms with van der Waals surface area (Å²) in [6.45, 7) is 4.46. The fourth-order valence-electron chi connectivity index (χ4n) is 2.44. The molecular weight excluding hydrogens is 238 g/mol. The van der Waals surface area contributed by atoms with Gasteiger partial charge in [0.25, 0.3) is 5.91 Å². The van der Waals surface area contributed by atoms with Crippen LogP contribution in [0.15, 0.2) is 24.3 Å². The topological polar surface area (TPSA) is 56.1 Å². The normalized spacial score (nSPS) is 18.0. The number of carbonyl (C=O) groups excluding carboxylic acids is 1. The third-order valence-corrected chi connectivity index (χ3v) is 3.51. The second-order valence-corrected chi connectivity index (χ2v) is 4.83. The molecule has 1 aromatic rings. The Hall–Kier alpha value is -1.86. The Morgan fingerprint density at radius 3 is 3.05 bits per heavy atom. The number of amides is 1. The van der Waals surface area contributed by atoms with E-state index in [1.54, 1.807) is 24.3 Å². The van der Waals surface area contributed by atoms with E-state index in [2.05, 4.69) is 11.4 Å².